The van der Waals surface area contributed by atoms with Gasteiger partial charge in [0.15, 0.2) is 0 Å². The lowest BCUT2D eigenvalue weighted by Gasteiger charge is -2.07. The van der Waals surface area contributed by atoms with E-state index in [9.17, 15) is 0 Å². The van der Waals surface area contributed by atoms with Gasteiger partial charge >= 0.3 is 6.01 Å². The van der Waals surface area contributed by atoms with E-state index in [1.807, 2.05) is 32.0 Å². The molecule has 2 rings (SSSR count). The van der Waals surface area contributed by atoms with Crippen molar-refractivity contribution in [3.63, 3.8) is 0 Å². The van der Waals surface area contributed by atoms with Gasteiger partial charge in [0.2, 0.25) is 5.89 Å². The fourth-order valence-electron chi connectivity index (χ4n) is 1.58. The van der Waals surface area contributed by atoms with Crippen molar-refractivity contribution in [3.05, 3.63) is 33.0 Å². The van der Waals surface area contributed by atoms with Crippen LogP contribution in [0.15, 0.2) is 31.6 Å². The van der Waals surface area contributed by atoms with Crippen LogP contribution in [0.3, 0.4) is 0 Å². The van der Waals surface area contributed by atoms with Gasteiger partial charge in [-0.3, -0.25) is 0 Å². The Morgan fingerprint density at radius 2 is 1.95 bits per heavy atom. The highest BCUT2D eigenvalue weighted by atomic mass is 79.9. The highest BCUT2D eigenvalue weighted by Gasteiger charge is 2.14. The first-order valence-electron chi connectivity index (χ1n) is 5.89. The Hall–Kier alpha value is -0.920. The Kier molecular flexibility index (Phi) is 4.95. The van der Waals surface area contributed by atoms with Crippen LogP contribution in [0, 0.1) is 0 Å². The summed E-state index contributed by atoms with van der Waals surface area (Å²) in [6.07, 6.45) is 0. The number of hydrogen-bond acceptors (Lipinski definition) is 5. The summed E-state index contributed by atoms with van der Waals surface area (Å²) in [5.41, 5.74) is 0.855. The van der Waals surface area contributed by atoms with Crippen molar-refractivity contribution in [1.82, 2.24) is 15.5 Å². The van der Waals surface area contributed by atoms with Crippen molar-refractivity contribution >= 4 is 43.6 Å². The molecule has 0 amide bonds. The first-order valence-corrected chi connectivity index (χ1v) is 7.48. The predicted molar refractivity (Wildman–Crippen MR) is 81.5 cm³/mol. The first kappa shape index (κ1) is 14.5. The largest absolute Gasteiger partial charge is 0.406 e. The molecule has 7 heteroatoms. The van der Waals surface area contributed by atoms with Gasteiger partial charge in [-0.2, -0.15) is 0 Å². The molecular weight excluding hydrogens is 376 g/mol. The molecule has 2 aromatic rings. The van der Waals surface area contributed by atoms with Gasteiger partial charge in [-0.15, -0.1) is 5.10 Å². The Labute approximate surface area is 128 Å². The number of anilines is 2. The molecule has 1 unspecified atom stereocenters. The molecule has 0 saturated heterocycles. The van der Waals surface area contributed by atoms with Gasteiger partial charge in [0.05, 0.1) is 11.7 Å². The zero-order valence-corrected chi connectivity index (χ0v) is 13.7. The van der Waals surface area contributed by atoms with Crippen molar-refractivity contribution < 1.29 is 4.42 Å². The third kappa shape index (κ3) is 3.55. The number of hydrogen-bond donors (Lipinski definition) is 2. The average molecular weight is 390 g/mol. The van der Waals surface area contributed by atoms with Crippen molar-refractivity contribution in [2.75, 3.05) is 11.9 Å². The summed E-state index contributed by atoms with van der Waals surface area (Å²) >= 11 is 6.94. The van der Waals surface area contributed by atoms with E-state index in [2.05, 4.69) is 52.7 Å². The molecule has 0 spiro atoms. The van der Waals surface area contributed by atoms with Crippen LogP contribution in [0.25, 0.3) is 0 Å². The highest BCUT2D eigenvalue weighted by Crippen LogP contribution is 2.32. The van der Waals surface area contributed by atoms with E-state index in [0.717, 1.165) is 21.2 Å². The average Bonchev–Trinajstić information content (AvgIpc) is 2.83. The van der Waals surface area contributed by atoms with E-state index in [-0.39, 0.29) is 6.04 Å². The second kappa shape index (κ2) is 6.49. The number of benzene rings is 1. The third-order valence-electron chi connectivity index (χ3n) is 2.52. The Morgan fingerprint density at radius 1 is 1.26 bits per heavy atom. The Balaban J connectivity index is 2.16. The van der Waals surface area contributed by atoms with Crippen LogP contribution in [-0.4, -0.2) is 16.7 Å². The molecule has 1 aromatic heterocycles. The zero-order chi connectivity index (χ0) is 13.8. The number of halogens is 2. The number of nitrogens with zero attached hydrogens (tertiary/aromatic N) is 2. The maximum atomic E-state index is 5.57. The van der Waals surface area contributed by atoms with Crippen molar-refractivity contribution in [2.45, 2.75) is 19.9 Å². The van der Waals surface area contributed by atoms with E-state index < -0.39 is 0 Å². The molecule has 0 aliphatic rings. The van der Waals surface area contributed by atoms with Crippen molar-refractivity contribution in [1.29, 1.82) is 0 Å². The fraction of sp³-hybridized carbons (Fsp3) is 0.333. The van der Waals surface area contributed by atoms with Crippen LogP contribution >= 0.6 is 31.9 Å². The van der Waals surface area contributed by atoms with E-state index >= 15 is 0 Å². The molecule has 2 N–H and O–H groups in total. The van der Waals surface area contributed by atoms with Gasteiger partial charge in [0, 0.05) is 8.95 Å². The molecule has 0 fully saturated rings. The maximum absolute atomic E-state index is 5.57. The highest BCUT2D eigenvalue weighted by molar-refractivity contribution is 9.11. The number of nitrogens with one attached hydrogen (secondary N) is 2. The molecule has 0 aliphatic heterocycles. The third-order valence-corrected chi connectivity index (χ3v) is 3.84. The number of para-hydroxylation sites is 1. The molecule has 102 valence electrons. The van der Waals surface area contributed by atoms with Gasteiger partial charge in [-0.1, -0.05) is 18.1 Å². The lowest BCUT2D eigenvalue weighted by atomic mass is 10.3. The Bertz CT molecular complexity index is 538. The van der Waals surface area contributed by atoms with Gasteiger partial charge < -0.3 is 15.1 Å². The smallest absolute Gasteiger partial charge is 0.320 e. The SMILES string of the molecule is CCNC(C)c1nnc(Nc2c(Br)cccc2Br)o1. The molecule has 0 bridgehead atoms. The molecule has 1 atom stereocenters. The molecule has 19 heavy (non-hydrogen) atoms. The molecule has 1 heterocycles. The summed E-state index contributed by atoms with van der Waals surface area (Å²) in [5.74, 6) is 0.563. The van der Waals surface area contributed by atoms with Crippen LogP contribution in [-0.2, 0) is 0 Å². The minimum absolute atomic E-state index is 0.0377. The van der Waals surface area contributed by atoms with Crippen LogP contribution in [0.5, 0.6) is 0 Å². The lowest BCUT2D eigenvalue weighted by molar-refractivity contribution is 0.430. The van der Waals surface area contributed by atoms with Gasteiger partial charge in [-0.05, 0) is 57.5 Å². The Morgan fingerprint density at radius 3 is 2.58 bits per heavy atom. The van der Waals surface area contributed by atoms with Crippen LogP contribution in [0.2, 0.25) is 0 Å². The summed E-state index contributed by atoms with van der Waals surface area (Å²) in [7, 11) is 0. The monoisotopic (exact) mass is 388 g/mol. The second-order valence-electron chi connectivity index (χ2n) is 3.95. The van der Waals surface area contributed by atoms with Crippen molar-refractivity contribution in [3.8, 4) is 0 Å². The summed E-state index contributed by atoms with van der Waals surface area (Å²) in [4.78, 5) is 0. The zero-order valence-electron chi connectivity index (χ0n) is 10.6. The first-order chi connectivity index (χ1) is 9.11. The van der Waals surface area contributed by atoms with Crippen LogP contribution in [0.4, 0.5) is 11.7 Å². The maximum Gasteiger partial charge on any atom is 0.320 e. The lowest BCUT2D eigenvalue weighted by Crippen LogP contribution is -2.17. The summed E-state index contributed by atoms with van der Waals surface area (Å²) in [6.45, 7) is 4.86. The fourth-order valence-corrected chi connectivity index (χ4v) is 2.77. The molecular formula is C12H14Br2N4O. The second-order valence-corrected chi connectivity index (χ2v) is 5.66. The van der Waals surface area contributed by atoms with Gasteiger partial charge in [-0.25, -0.2) is 0 Å². The molecule has 5 nitrogen and oxygen atoms in total. The van der Waals surface area contributed by atoms with Gasteiger partial charge in [0.25, 0.3) is 0 Å². The van der Waals surface area contributed by atoms with E-state index in [0.29, 0.717) is 11.9 Å². The standard InChI is InChI=1S/C12H14Br2N4O/c1-3-15-7(2)11-17-18-12(19-11)16-10-8(13)5-4-6-9(10)14/h4-7,15H,3H2,1-2H3,(H,16,18). The van der Waals surface area contributed by atoms with E-state index in [1.165, 1.54) is 0 Å². The summed E-state index contributed by atoms with van der Waals surface area (Å²) < 4.78 is 7.41. The van der Waals surface area contributed by atoms with Crippen molar-refractivity contribution in [2.24, 2.45) is 0 Å². The van der Waals surface area contributed by atoms with E-state index in [1.54, 1.807) is 0 Å². The normalized spacial score (nSPS) is 12.4. The molecule has 0 saturated carbocycles. The number of rotatable bonds is 5. The summed E-state index contributed by atoms with van der Waals surface area (Å²) in [6, 6.07) is 6.21. The minimum Gasteiger partial charge on any atom is -0.406 e. The topological polar surface area (TPSA) is 63.0 Å². The van der Waals surface area contributed by atoms with Gasteiger partial charge in [0.1, 0.15) is 0 Å². The molecule has 0 radical (unpaired) electrons. The minimum atomic E-state index is 0.0377. The predicted octanol–water partition coefficient (Wildman–Crippen LogP) is 4.01. The molecule has 0 aliphatic carbocycles. The van der Waals surface area contributed by atoms with Crippen LogP contribution in [0.1, 0.15) is 25.8 Å². The molecule has 1 aromatic carbocycles. The van der Waals surface area contributed by atoms with Crippen LogP contribution < -0.4 is 10.6 Å². The summed E-state index contributed by atoms with van der Waals surface area (Å²) in [5, 5.41) is 14.3. The van der Waals surface area contributed by atoms with E-state index in [4.69, 9.17) is 4.42 Å². The quantitative estimate of drug-likeness (QED) is 0.808. The number of aromatic nitrogens is 2.